The lowest BCUT2D eigenvalue weighted by Gasteiger charge is -2.27. The van der Waals surface area contributed by atoms with E-state index in [9.17, 15) is 19.8 Å². The van der Waals surface area contributed by atoms with Crippen molar-refractivity contribution in [2.45, 2.75) is 91.9 Å². The molecule has 0 saturated carbocycles. The lowest BCUT2D eigenvalue weighted by Crippen LogP contribution is -2.31. The molecule has 2 atom stereocenters. The summed E-state index contributed by atoms with van der Waals surface area (Å²) in [5, 5.41) is 19.5. The van der Waals surface area contributed by atoms with Gasteiger partial charge in [-0.1, -0.05) is 76.6 Å². The van der Waals surface area contributed by atoms with Gasteiger partial charge in [-0.3, -0.25) is 9.59 Å². The van der Waals surface area contributed by atoms with Crippen molar-refractivity contribution in [3.05, 3.63) is 35.4 Å². The summed E-state index contributed by atoms with van der Waals surface area (Å²) in [5.41, 5.74) is 0.371. The van der Waals surface area contributed by atoms with Gasteiger partial charge < -0.3 is 10.2 Å². The first-order chi connectivity index (χ1) is 13.2. The molecule has 0 aromatic heterocycles. The van der Waals surface area contributed by atoms with Crippen LogP contribution in [0.1, 0.15) is 90.2 Å². The van der Waals surface area contributed by atoms with E-state index in [1.54, 1.807) is 0 Å². The minimum Gasteiger partial charge on any atom is -0.481 e. The van der Waals surface area contributed by atoms with Crippen LogP contribution >= 0.6 is 0 Å². The van der Waals surface area contributed by atoms with Crippen molar-refractivity contribution in [1.29, 1.82) is 0 Å². The van der Waals surface area contributed by atoms with Gasteiger partial charge in [0.15, 0.2) is 0 Å². The van der Waals surface area contributed by atoms with Crippen molar-refractivity contribution in [3.8, 4) is 0 Å². The topological polar surface area (TPSA) is 74.6 Å². The molecule has 0 amide bonds. The van der Waals surface area contributed by atoms with E-state index in [0.717, 1.165) is 49.7 Å². The zero-order valence-electron chi connectivity index (χ0n) is 18.1. The zero-order valence-corrected chi connectivity index (χ0v) is 18.1. The zero-order chi connectivity index (χ0) is 21.2. The maximum absolute atomic E-state index is 11.9. The van der Waals surface area contributed by atoms with E-state index in [1.807, 2.05) is 38.1 Å². The monoisotopic (exact) mass is 390 g/mol. The molecular weight excluding hydrogens is 352 g/mol. The molecule has 0 aliphatic rings. The number of hydrogen-bond acceptors (Lipinski definition) is 2. The lowest BCUT2D eigenvalue weighted by molar-refractivity contribution is -0.149. The van der Waals surface area contributed by atoms with Crippen LogP contribution in [0.15, 0.2) is 24.3 Å². The molecule has 1 unspecified atom stereocenters. The molecule has 4 heteroatoms. The molecular formula is C24H38O4. The van der Waals surface area contributed by atoms with Crippen LogP contribution in [0.5, 0.6) is 0 Å². The van der Waals surface area contributed by atoms with E-state index in [2.05, 4.69) is 13.8 Å². The normalized spacial score (nSPS) is 15.6. The molecule has 0 fully saturated rings. The summed E-state index contributed by atoms with van der Waals surface area (Å²) < 4.78 is 0. The van der Waals surface area contributed by atoms with Gasteiger partial charge in [-0.2, -0.15) is 0 Å². The van der Waals surface area contributed by atoms with E-state index in [1.165, 1.54) is 0 Å². The number of benzene rings is 1. The molecule has 0 radical (unpaired) electrons. The maximum Gasteiger partial charge on any atom is 0.309 e. The molecule has 1 rings (SSSR count). The predicted molar refractivity (Wildman–Crippen MR) is 114 cm³/mol. The molecule has 1 aromatic rings. The molecule has 0 aliphatic heterocycles. The van der Waals surface area contributed by atoms with E-state index >= 15 is 0 Å². The maximum atomic E-state index is 11.9. The molecule has 0 bridgehead atoms. The Hall–Kier alpha value is -1.84. The summed E-state index contributed by atoms with van der Waals surface area (Å²) >= 11 is 0. The second kappa shape index (κ2) is 11.2. The predicted octanol–water partition coefficient (Wildman–Crippen LogP) is 6.11. The quantitative estimate of drug-likeness (QED) is 0.376. The fourth-order valence-electron chi connectivity index (χ4n) is 3.82. The highest BCUT2D eigenvalue weighted by molar-refractivity contribution is 5.75. The van der Waals surface area contributed by atoms with E-state index in [0.29, 0.717) is 25.7 Å². The minimum absolute atomic E-state index is 0.472. The Balaban J connectivity index is 2.94. The third-order valence-electron chi connectivity index (χ3n) is 5.88. The number of carbonyl (C=O) groups is 2. The summed E-state index contributed by atoms with van der Waals surface area (Å²) in [5.74, 6) is -1.52. The SMILES string of the molecule is CCCCCC(C)(Cc1cccc(C[C@@](C)(CCCCC)C(=O)O)c1)C(=O)O. The molecule has 158 valence electrons. The number of unbranched alkanes of at least 4 members (excludes halogenated alkanes) is 4. The molecule has 1 aromatic carbocycles. The Morgan fingerprint density at radius 3 is 1.50 bits per heavy atom. The van der Waals surface area contributed by atoms with Gasteiger partial charge in [0.2, 0.25) is 0 Å². The van der Waals surface area contributed by atoms with Crippen molar-refractivity contribution < 1.29 is 19.8 Å². The van der Waals surface area contributed by atoms with Crippen molar-refractivity contribution in [2.24, 2.45) is 10.8 Å². The van der Waals surface area contributed by atoms with Gasteiger partial charge in [-0.05, 0) is 50.7 Å². The Morgan fingerprint density at radius 1 is 0.786 bits per heavy atom. The van der Waals surface area contributed by atoms with Crippen molar-refractivity contribution >= 4 is 11.9 Å². The van der Waals surface area contributed by atoms with Crippen LogP contribution in [-0.2, 0) is 22.4 Å². The summed E-state index contributed by atoms with van der Waals surface area (Å²) in [4.78, 5) is 23.8. The average Bonchev–Trinajstić information content (AvgIpc) is 2.62. The molecule has 0 heterocycles. The highest BCUT2D eigenvalue weighted by atomic mass is 16.4. The third-order valence-corrected chi connectivity index (χ3v) is 5.88. The molecule has 28 heavy (non-hydrogen) atoms. The molecule has 4 nitrogen and oxygen atoms in total. The minimum atomic E-state index is -0.787. The van der Waals surface area contributed by atoms with Crippen molar-refractivity contribution in [1.82, 2.24) is 0 Å². The van der Waals surface area contributed by atoms with E-state index in [4.69, 9.17) is 0 Å². The van der Waals surface area contributed by atoms with E-state index < -0.39 is 22.8 Å². The second-order valence-electron chi connectivity index (χ2n) is 8.82. The second-order valence-corrected chi connectivity index (χ2v) is 8.82. The highest BCUT2D eigenvalue weighted by Gasteiger charge is 2.34. The Morgan fingerprint density at radius 2 is 1.18 bits per heavy atom. The summed E-state index contributed by atoms with van der Waals surface area (Å²) in [6, 6.07) is 7.84. The molecule has 2 N–H and O–H groups in total. The number of hydrogen-bond donors (Lipinski definition) is 2. The van der Waals surface area contributed by atoms with E-state index in [-0.39, 0.29) is 0 Å². The van der Waals surface area contributed by atoms with Crippen LogP contribution in [0.2, 0.25) is 0 Å². The highest BCUT2D eigenvalue weighted by Crippen LogP contribution is 2.33. The van der Waals surface area contributed by atoms with Crippen LogP contribution in [0.25, 0.3) is 0 Å². The number of carboxylic acids is 2. The van der Waals surface area contributed by atoms with Crippen LogP contribution in [-0.4, -0.2) is 22.2 Å². The smallest absolute Gasteiger partial charge is 0.309 e. The fraction of sp³-hybridized carbons (Fsp3) is 0.667. The van der Waals surface area contributed by atoms with Gasteiger partial charge in [0.1, 0.15) is 0 Å². The van der Waals surface area contributed by atoms with Crippen molar-refractivity contribution in [2.75, 3.05) is 0 Å². The Labute approximate surface area is 170 Å². The van der Waals surface area contributed by atoms with Crippen LogP contribution in [0.4, 0.5) is 0 Å². The first kappa shape index (κ1) is 24.2. The fourth-order valence-corrected chi connectivity index (χ4v) is 3.82. The molecule has 0 saturated heterocycles. The first-order valence-electron chi connectivity index (χ1n) is 10.7. The average molecular weight is 391 g/mol. The largest absolute Gasteiger partial charge is 0.481 e. The summed E-state index contributed by atoms with van der Waals surface area (Å²) in [7, 11) is 0. The van der Waals surface area contributed by atoms with Crippen molar-refractivity contribution in [3.63, 3.8) is 0 Å². The van der Waals surface area contributed by atoms with Crippen LogP contribution < -0.4 is 0 Å². The lowest BCUT2D eigenvalue weighted by atomic mass is 9.77. The third kappa shape index (κ3) is 7.29. The van der Waals surface area contributed by atoms with Gasteiger partial charge in [-0.15, -0.1) is 0 Å². The Bertz CT molecular complexity index is 588. The molecule has 0 spiro atoms. The Kier molecular flexibility index (Phi) is 9.71. The van der Waals surface area contributed by atoms with Gasteiger partial charge >= 0.3 is 11.9 Å². The van der Waals surface area contributed by atoms with Gasteiger partial charge in [0.05, 0.1) is 10.8 Å². The standard InChI is InChI=1S/C24H38O4/c1-5-7-9-14-23(3,21(25)26)17-19-12-11-13-20(16-19)18-24(4,22(27)28)15-10-8-6-2/h11-13,16H,5-10,14-15,17-18H2,1-4H3,(H,25,26)(H,27,28)/t23-,24?/m1/s1. The van der Waals surface area contributed by atoms with Crippen LogP contribution in [0.3, 0.4) is 0 Å². The van der Waals surface area contributed by atoms with Gasteiger partial charge in [0.25, 0.3) is 0 Å². The number of carboxylic acid groups (broad SMARTS) is 2. The summed E-state index contributed by atoms with van der Waals surface area (Å²) in [6.45, 7) is 7.87. The summed E-state index contributed by atoms with van der Waals surface area (Å²) in [6.07, 6.45) is 8.29. The van der Waals surface area contributed by atoms with Crippen LogP contribution in [0, 0.1) is 10.8 Å². The van der Waals surface area contributed by atoms with Gasteiger partial charge in [-0.25, -0.2) is 0 Å². The molecule has 0 aliphatic carbocycles. The first-order valence-corrected chi connectivity index (χ1v) is 10.7. The van der Waals surface area contributed by atoms with Gasteiger partial charge in [0, 0.05) is 0 Å². The number of rotatable bonds is 14. The number of aliphatic carboxylic acids is 2.